The molecule has 0 heterocycles. The van der Waals surface area contributed by atoms with Gasteiger partial charge in [0, 0.05) is 25.9 Å². The Bertz CT molecular complexity index is 332. The van der Waals surface area contributed by atoms with Gasteiger partial charge >= 0.3 is 14.8 Å². The van der Waals surface area contributed by atoms with Crippen molar-refractivity contribution < 1.29 is 22.8 Å². The van der Waals surface area contributed by atoms with E-state index in [1.165, 1.54) is 38.2 Å². The summed E-state index contributed by atoms with van der Waals surface area (Å²) in [4.78, 5) is 11.8. The summed E-state index contributed by atoms with van der Waals surface area (Å²) < 4.78 is 23.3. The number of hydrogen-bond acceptors (Lipinski definition) is 5. The van der Waals surface area contributed by atoms with Crippen molar-refractivity contribution in [3.8, 4) is 0 Å². The van der Waals surface area contributed by atoms with Crippen LogP contribution in [0.2, 0.25) is 0 Å². The summed E-state index contributed by atoms with van der Waals surface area (Å²) in [5, 5.41) is 0. The fourth-order valence-corrected chi connectivity index (χ4v) is 5.62. The van der Waals surface area contributed by atoms with Crippen LogP contribution in [0.25, 0.3) is 0 Å². The third kappa shape index (κ3) is 10.1. The summed E-state index contributed by atoms with van der Waals surface area (Å²) in [6, 6.07) is 0. The predicted molar refractivity (Wildman–Crippen MR) is 103 cm³/mol. The minimum atomic E-state index is -3.08. The molecule has 0 aromatic carbocycles. The normalized spacial score (nSPS) is 12.8. The summed E-state index contributed by atoms with van der Waals surface area (Å²) in [6.45, 7) is 12.8. The average molecular weight is 375 g/mol. The predicted octanol–water partition coefficient (Wildman–Crippen LogP) is 4.81. The summed E-state index contributed by atoms with van der Waals surface area (Å²) in [7, 11) is -3.08. The monoisotopic (exact) mass is 374 g/mol. The highest BCUT2D eigenvalue weighted by atomic mass is 28.4. The van der Waals surface area contributed by atoms with Gasteiger partial charge in [-0.3, -0.25) is 0 Å². The van der Waals surface area contributed by atoms with Crippen LogP contribution in [0.1, 0.15) is 79.1 Å². The van der Waals surface area contributed by atoms with Gasteiger partial charge in [0.05, 0.1) is 0 Å². The maximum Gasteiger partial charge on any atom is 0.544 e. The molecule has 25 heavy (non-hydrogen) atoms. The largest absolute Gasteiger partial charge is 0.544 e. The van der Waals surface area contributed by atoms with E-state index in [1.807, 2.05) is 20.8 Å². The van der Waals surface area contributed by atoms with Gasteiger partial charge in [-0.2, -0.15) is 0 Å². The summed E-state index contributed by atoms with van der Waals surface area (Å²) in [5.41, 5.74) is -0.478. The number of rotatable bonds is 17. The highest BCUT2D eigenvalue weighted by Gasteiger charge is 2.51. The van der Waals surface area contributed by atoms with Crippen LogP contribution in [0.3, 0.4) is 0 Å². The van der Waals surface area contributed by atoms with E-state index >= 15 is 0 Å². The van der Waals surface area contributed by atoms with Crippen LogP contribution >= 0.6 is 0 Å². The van der Waals surface area contributed by atoms with Gasteiger partial charge in [-0.1, -0.05) is 52.0 Å². The van der Waals surface area contributed by atoms with Crippen molar-refractivity contribution in [1.29, 1.82) is 0 Å². The molecule has 1 atom stereocenters. The summed E-state index contributed by atoms with van der Waals surface area (Å²) >= 11 is 0. The van der Waals surface area contributed by atoms with Gasteiger partial charge in [-0.25, -0.2) is 4.79 Å². The Kier molecular flexibility index (Phi) is 15.1. The van der Waals surface area contributed by atoms with E-state index < -0.39 is 20.5 Å². The Morgan fingerprint density at radius 1 is 0.880 bits per heavy atom. The van der Waals surface area contributed by atoms with Crippen LogP contribution in [0.15, 0.2) is 12.7 Å². The molecule has 5 nitrogen and oxygen atoms in total. The lowest BCUT2D eigenvalue weighted by Gasteiger charge is -2.34. The van der Waals surface area contributed by atoms with E-state index in [2.05, 4.69) is 13.5 Å². The molecular formula is C19H38O5Si. The van der Waals surface area contributed by atoms with Crippen molar-refractivity contribution in [2.45, 2.75) is 84.8 Å². The molecule has 0 aliphatic carbocycles. The number of ether oxygens (including phenoxy) is 1. The van der Waals surface area contributed by atoms with Gasteiger partial charge in [0.2, 0.25) is 0 Å². The highest BCUT2D eigenvalue weighted by Crippen LogP contribution is 2.24. The molecule has 6 heteroatoms. The van der Waals surface area contributed by atoms with E-state index in [9.17, 15) is 4.79 Å². The standard InChI is InChI=1S/C19H38O5Si/c1-6-11-12-13-14-15-16-17-19(24-18(20)7-2)25(21-8-3,22-9-4)23-10-5/h7,19H,2,6,8-17H2,1,3-5H3. The van der Waals surface area contributed by atoms with Crippen molar-refractivity contribution in [2.24, 2.45) is 0 Å². The molecule has 0 rings (SSSR count). The van der Waals surface area contributed by atoms with Crippen LogP contribution in [-0.2, 0) is 22.8 Å². The third-order valence-corrected chi connectivity index (χ3v) is 7.19. The maximum atomic E-state index is 11.8. The van der Waals surface area contributed by atoms with E-state index in [4.69, 9.17) is 18.0 Å². The van der Waals surface area contributed by atoms with Crippen molar-refractivity contribution in [3.63, 3.8) is 0 Å². The SMILES string of the molecule is C=CC(=O)OC(CCCCCCCCC)[Si](OCC)(OCC)OCC. The first kappa shape index (κ1) is 24.3. The quantitative estimate of drug-likeness (QED) is 0.158. The minimum absolute atomic E-state index is 0.455. The zero-order chi connectivity index (χ0) is 19.0. The molecular weight excluding hydrogens is 336 g/mol. The number of esters is 1. The smallest absolute Gasteiger partial charge is 0.455 e. The van der Waals surface area contributed by atoms with Crippen molar-refractivity contribution >= 4 is 14.8 Å². The molecule has 0 bridgehead atoms. The van der Waals surface area contributed by atoms with Crippen LogP contribution in [0, 0.1) is 0 Å². The fourth-order valence-electron chi connectivity index (χ4n) is 2.79. The second-order valence-corrected chi connectivity index (χ2v) is 8.66. The van der Waals surface area contributed by atoms with Gasteiger partial charge in [-0.05, 0) is 33.6 Å². The van der Waals surface area contributed by atoms with E-state index in [0.717, 1.165) is 12.8 Å². The van der Waals surface area contributed by atoms with Gasteiger partial charge < -0.3 is 18.0 Å². The molecule has 148 valence electrons. The van der Waals surface area contributed by atoms with Crippen molar-refractivity contribution in [3.05, 3.63) is 12.7 Å². The molecule has 0 radical (unpaired) electrons. The van der Waals surface area contributed by atoms with Crippen LogP contribution in [0.4, 0.5) is 0 Å². The molecule has 0 saturated carbocycles. The molecule has 0 aliphatic heterocycles. The maximum absolute atomic E-state index is 11.8. The lowest BCUT2D eigenvalue weighted by atomic mass is 10.1. The Labute approximate surface area is 155 Å². The molecule has 1 unspecified atom stereocenters. The van der Waals surface area contributed by atoms with Crippen molar-refractivity contribution in [1.82, 2.24) is 0 Å². The topological polar surface area (TPSA) is 54.0 Å². The molecule has 0 aromatic rings. The minimum Gasteiger partial charge on any atom is -0.455 e. The summed E-state index contributed by atoms with van der Waals surface area (Å²) in [6.07, 6.45) is 10.3. The molecule has 0 aromatic heterocycles. The number of unbranched alkanes of at least 4 members (excludes halogenated alkanes) is 6. The molecule has 0 amide bonds. The van der Waals surface area contributed by atoms with E-state index in [0.29, 0.717) is 26.2 Å². The zero-order valence-corrected chi connectivity index (χ0v) is 17.7. The Balaban J connectivity index is 4.83. The van der Waals surface area contributed by atoms with Gasteiger partial charge in [0.25, 0.3) is 0 Å². The first-order valence-corrected chi connectivity index (χ1v) is 11.6. The molecule has 0 aliphatic rings. The molecule has 0 N–H and O–H groups in total. The zero-order valence-electron chi connectivity index (χ0n) is 16.7. The van der Waals surface area contributed by atoms with Crippen LogP contribution in [0.5, 0.6) is 0 Å². The van der Waals surface area contributed by atoms with Gasteiger partial charge in [-0.15, -0.1) is 0 Å². The van der Waals surface area contributed by atoms with E-state index in [1.54, 1.807) is 0 Å². The molecule has 0 fully saturated rings. The Hall–Kier alpha value is -0.693. The third-order valence-electron chi connectivity index (χ3n) is 3.93. The lowest BCUT2D eigenvalue weighted by Crippen LogP contribution is -2.58. The second kappa shape index (κ2) is 15.6. The number of hydrogen-bond donors (Lipinski definition) is 0. The Morgan fingerprint density at radius 2 is 1.36 bits per heavy atom. The highest BCUT2D eigenvalue weighted by molar-refractivity contribution is 6.62. The molecule has 0 saturated heterocycles. The number of carbonyl (C=O) groups excluding carboxylic acids is 1. The Morgan fingerprint density at radius 3 is 1.80 bits per heavy atom. The fraction of sp³-hybridized carbons (Fsp3) is 0.842. The summed E-state index contributed by atoms with van der Waals surface area (Å²) in [5.74, 6) is -0.455. The first-order valence-electron chi connectivity index (χ1n) is 9.84. The number of carbonyl (C=O) groups is 1. The van der Waals surface area contributed by atoms with Gasteiger partial charge in [0.1, 0.15) is 0 Å². The van der Waals surface area contributed by atoms with Crippen LogP contribution in [-0.4, -0.2) is 40.3 Å². The lowest BCUT2D eigenvalue weighted by molar-refractivity contribution is -0.143. The average Bonchev–Trinajstić information content (AvgIpc) is 2.60. The molecule has 0 spiro atoms. The first-order chi connectivity index (χ1) is 12.1. The second-order valence-electron chi connectivity index (χ2n) is 5.94. The van der Waals surface area contributed by atoms with E-state index in [-0.39, 0.29) is 0 Å². The van der Waals surface area contributed by atoms with Crippen molar-refractivity contribution in [2.75, 3.05) is 19.8 Å². The van der Waals surface area contributed by atoms with Gasteiger partial charge in [0.15, 0.2) is 5.73 Å². The van der Waals surface area contributed by atoms with Crippen LogP contribution < -0.4 is 0 Å².